The van der Waals surface area contributed by atoms with Gasteiger partial charge in [-0.3, -0.25) is 0 Å². The topological polar surface area (TPSA) is 35.2 Å². The number of benzene rings is 2. The van der Waals surface area contributed by atoms with E-state index in [-0.39, 0.29) is 6.04 Å². The summed E-state index contributed by atoms with van der Waals surface area (Å²) in [6, 6.07) is 15.8. The van der Waals surface area contributed by atoms with Gasteiger partial charge in [0.05, 0.1) is 0 Å². The third-order valence-electron chi connectivity index (χ3n) is 2.78. The number of rotatable bonds is 4. The van der Waals surface area contributed by atoms with Crippen molar-refractivity contribution in [3.63, 3.8) is 0 Å². The Morgan fingerprint density at radius 3 is 2.44 bits per heavy atom. The van der Waals surface area contributed by atoms with Crippen LogP contribution in [0.5, 0.6) is 11.5 Å². The lowest BCUT2D eigenvalue weighted by Crippen LogP contribution is -2.07. The quantitative estimate of drug-likeness (QED) is 0.892. The van der Waals surface area contributed by atoms with Crippen molar-refractivity contribution in [1.82, 2.24) is 0 Å². The molecule has 2 nitrogen and oxygen atoms in total. The van der Waals surface area contributed by atoms with Crippen LogP contribution in [0.2, 0.25) is 0 Å². The van der Waals surface area contributed by atoms with Gasteiger partial charge in [-0.2, -0.15) is 0 Å². The molecule has 2 N–H and O–H groups in total. The summed E-state index contributed by atoms with van der Waals surface area (Å²) in [6.45, 7) is 2.08. The van der Waals surface area contributed by atoms with Crippen molar-refractivity contribution in [3.05, 3.63) is 58.6 Å². The van der Waals surface area contributed by atoms with Crippen LogP contribution in [0.4, 0.5) is 0 Å². The van der Waals surface area contributed by atoms with E-state index in [4.69, 9.17) is 10.5 Å². The molecule has 0 saturated carbocycles. The Morgan fingerprint density at radius 1 is 1.11 bits per heavy atom. The average Bonchev–Trinajstić information content (AvgIpc) is 2.39. The van der Waals surface area contributed by atoms with Gasteiger partial charge in [0.1, 0.15) is 11.5 Å². The molecule has 2 aromatic rings. The maximum Gasteiger partial charge on any atom is 0.128 e. The van der Waals surface area contributed by atoms with Crippen LogP contribution in [0, 0.1) is 0 Å². The fraction of sp³-hybridized carbons (Fsp3) is 0.200. The van der Waals surface area contributed by atoms with Crippen LogP contribution in [0.25, 0.3) is 0 Å². The first kappa shape index (κ1) is 13.1. The van der Waals surface area contributed by atoms with Crippen LogP contribution in [0.15, 0.2) is 53.0 Å². The second-order valence-electron chi connectivity index (χ2n) is 4.14. The highest BCUT2D eigenvalue weighted by molar-refractivity contribution is 9.10. The molecule has 0 radical (unpaired) electrons. The zero-order valence-electron chi connectivity index (χ0n) is 10.3. The molecular formula is C15H16BrNO. The predicted molar refractivity (Wildman–Crippen MR) is 77.9 cm³/mol. The molecule has 0 fully saturated rings. The number of hydrogen-bond acceptors (Lipinski definition) is 2. The molecule has 0 aliphatic heterocycles. The lowest BCUT2D eigenvalue weighted by atomic mass is 10.1. The van der Waals surface area contributed by atoms with E-state index in [1.54, 1.807) is 0 Å². The van der Waals surface area contributed by atoms with Gasteiger partial charge in [0.15, 0.2) is 0 Å². The van der Waals surface area contributed by atoms with E-state index in [0.29, 0.717) is 0 Å². The predicted octanol–water partition coefficient (Wildman–Crippen LogP) is 4.65. The zero-order valence-corrected chi connectivity index (χ0v) is 11.9. The zero-order chi connectivity index (χ0) is 13.0. The molecule has 0 aliphatic carbocycles. The lowest BCUT2D eigenvalue weighted by Gasteiger charge is -2.10. The van der Waals surface area contributed by atoms with Gasteiger partial charge in [-0.05, 0) is 42.3 Å². The van der Waals surface area contributed by atoms with Crippen LogP contribution >= 0.6 is 15.9 Å². The molecular weight excluding hydrogens is 290 g/mol. The number of halogens is 1. The third kappa shape index (κ3) is 3.34. The van der Waals surface area contributed by atoms with Crippen LogP contribution in [-0.4, -0.2) is 0 Å². The summed E-state index contributed by atoms with van der Waals surface area (Å²) in [7, 11) is 0. The van der Waals surface area contributed by atoms with Crippen molar-refractivity contribution in [2.75, 3.05) is 0 Å². The van der Waals surface area contributed by atoms with Crippen LogP contribution < -0.4 is 10.5 Å². The normalized spacial score (nSPS) is 12.2. The molecule has 0 aromatic heterocycles. The van der Waals surface area contributed by atoms with Crippen molar-refractivity contribution in [3.8, 4) is 11.5 Å². The van der Waals surface area contributed by atoms with Crippen molar-refractivity contribution in [1.29, 1.82) is 0 Å². The molecule has 2 aromatic carbocycles. The first-order valence-electron chi connectivity index (χ1n) is 5.98. The molecule has 2 rings (SSSR count). The Labute approximate surface area is 116 Å². The lowest BCUT2D eigenvalue weighted by molar-refractivity contribution is 0.482. The first-order chi connectivity index (χ1) is 8.69. The van der Waals surface area contributed by atoms with Crippen molar-refractivity contribution in [2.45, 2.75) is 19.4 Å². The highest BCUT2D eigenvalue weighted by atomic mass is 79.9. The minimum Gasteiger partial charge on any atom is -0.457 e. The van der Waals surface area contributed by atoms with Crippen LogP contribution in [0.1, 0.15) is 24.9 Å². The third-order valence-corrected chi connectivity index (χ3v) is 3.27. The maximum atomic E-state index is 5.97. The number of hydrogen-bond donors (Lipinski definition) is 1. The minimum atomic E-state index is 0.102. The summed E-state index contributed by atoms with van der Waals surface area (Å²) in [5.41, 5.74) is 7.11. The minimum absolute atomic E-state index is 0.102. The Morgan fingerprint density at radius 2 is 1.83 bits per heavy atom. The molecule has 18 heavy (non-hydrogen) atoms. The second-order valence-corrected chi connectivity index (χ2v) is 5.06. The molecule has 0 spiro atoms. The van der Waals surface area contributed by atoms with Gasteiger partial charge >= 0.3 is 0 Å². The fourth-order valence-corrected chi connectivity index (χ4v) is 2.06. The molecule has 0 bridgehead atoms. The largest absolute Gasteiger partial charge is 0.457 e. The van der Waals surface area contributed by atoms with Gasteiger partial charge < -0.3 is 10.5 Å². The van der Waals surface area contributed by atoms with E-state index in [2.05, 4.69) is 22.9 Å². The van der Waals surface area contributed by atoms with E-state index in [1.165, 1.54) is 0 Å². The van der Waals surface area contributed by atoms with E-state index in [0.717, 1.165) is 28.0 Å². The Bertz CT molecular complexity index is 510. The highest BCUT2D eigenvalue weighted by Crippen LogP contribution is 2.25. The standard InChI is InChI=1S/C15H16BrNO/c1-2-15(17)11-6-8-13(9-7-11)18-14-5-3-4-12(16)10-14/h3-10,15H,2,17H2,1H3. The molecule has 1 atom stereocenters. The van der Waals surface area contributed by atoms with Gasteiger partial charge in [0, 0.05) is 10.5 Å². The fourth-order valence-electron chi connectivity index (χ4n) is 1.69. The van der Waals surface area contributed by atoms with Crippen molar-refractivity contribution >= 4 is 15.9 Å². The molecule has 3 heteroatoms. The van der Waals surface area contributed by atoms with Crippen molar-refractivity contribution in [2.24, 2.45) is 5.73 Å². The molecule has 0 heterocycles. The number of ether oxygens (including phenoxy) is 1. The Balaban J connectivity index is 2.11. The first-order valence-corrected chi connectivity index (χ1v) is 6.77. The monoisotopic (exact) mass is 305 g/mol. The molecule has 1 unspecified atom stereocenters. The van der Waals surface area contributed by atoms with E-state index < -0.39 is 0 Å². The van der Waals surface area contributed by atoms with Gasteiger partial charge in [0.2, 0.25) is 0 Å². The molecule has 0 amide bonds. The van der Waals surface area contributed by atoms with Gasteiger partial charge in [0.25, 0.3) is 0 Å². The SMILES string of the molecule is CCC(N)c1ccc(Oc2cccc(Br)c2)cc1. The van der Waals surface area contributed by atoms with E-state index in [9.17, 15) is 0 Å². The van der Waals surface area contributed by atoms with E-state index >= 15 is 0 Å². The highest BCUT2D eigenvalue weighted by Gasteiger charge is 2.03. The summed E-state index contributed by atoms with van der Waals surface area (Å²) in [5, 5.41) is 0. The summed E-state index contributed by atoms with van der Waals surface area (Å²) in [5.74, 6) is 1.64. The van der Waals surface area contributed by atoms with Gasteiger partial charge in [-0.25, -0.2) is 0 Å². The Hall–Kier alpha value is -1.32. The molecule has 0 aliphatic rings. The van der Waals surface area contributed by atoms with E-state index in [1.807, 2.05) is 48.5 Å². The molecule has 94 valence electrons. The second kappa shape index (κ2) is 6.03. The summed E-state index contributed by atoms with van der Waals surface area (Å²) >= 11 is 3.42. The van der Waals surface area contributed by atoms with Crippen molar-refractivity contribution < 1.29 is 4.74 Å². The average molecular weight is 306 g/mol. The van der Waals surface area contributed by atoms with Gasteiger partial charge in [-0.15, -0.1) is 0 Å². The Kier molecular flexibility index (Phi) is 4.39. The smallest absolute Gasteiger partial charge is 0.128 e. The summed E-state index contributed by atoms with van der Waals surface area (Å²) in [6.07, 6.45) is 0.936. The summed E-state index contributed by atoms with van der Waals surface area (Å²) in [4.78, 5) is 0. The number of nitrogens with two attached hydrogens (primary N) is 1. The van der Waals surface area contributed by atoms with Crippen LogP contribution in [0.3, 0.4) is 0 Å². The molecule has 0 saturated heterocycles. The maximum absolute atomic E-state index is 5.97. The van der Waals surface area contributed by atoms with Crippen LogP contribution in [-0.2, 0) is 0 Å². The summed E-state index contributed by atoms with van der Waals surface area (Å²) < 4.78 is 6.76. The van der Waals surface area contributed by atoms with Gasteiger partial charge in [-0.1, -0.05) is 41.1 Å².